The molecular formula is C40H48F2N8O6. The highest BCUT2D eigenvalue weighted by molar-refractivity contribution is 5.87. The van der Waals surface area contributed by atoms with Crippen molar-refractivity contribution in [1.82, 2.24) is 40.0 Å². The summed E-state index contributed by atoms with van der Waals surface area (Å²) in [5.41, 5.74) is 5.31. The fourth-order valence-corrected chi connectivity index (χ4v) is 7.73. The van der Waals surface area contributed by atoms with E-state index in [0.29, 0.717) is 37.6 Å². The Bertz CT molecular complexity index is 2020. The number of H-pyrrole nitrogens is 2. The molecule has 2 unspecified atom stereocenters. The summed E-state index contributed by atoms with van der Waals surface area (Å²) in [4.78, 5) is 70.9. The van der Waals surface area contributed by atoms with Gasteiger partial charge in [0.05, 0.1) is 43.0 Å². The number of imidazole rings is 2. The van der Waals surface area contributed by atoms with Crippen LogP contribution in [0.4, 0.5) is 18.4 Å². The number of hydrogen-bond donors (Lipinski definition) is 4. The molecule has 56 heavy (non-hydrogen) atoms. The van der Waals surface area contributed by atoms with Crippen molar-refractivity contribution in [3.63, 3.8) is 0 Å². The zero-order valence-electron chi connectivity index (χ0n) is 32.0. The maximum absolute atomic E-state index is 13.7. The van der Waals surface area contributed by atoms with Gasteiger partial charge in [0.15, 0.2) is 0 Å². The van der Waals surface area contributed by atoms with Crippen molar-refractivity contribution < 1.29 is 37.8 Å². The number of rotatable bonds is 12. The Kier molecular flexibility index (Phi) is 12.0. The van der Waals surface area contributed by atoms with Crippen molar-refractivity contribution in [2.75, 3.05) is 27.2 Å². The van der Waals surface area contributed by atoms with Gasteiger partial charge in [0.2, 0.25) is 18.2 Å². The summed E-state index contributed by atoms with van der Waals surface area (Å²) < 4.78 is 31.9. The number of likely N-dealkylation sites (tertiary alicyclic amines) is 2. The Morgan fingerprint density at radius 3 is 1.66 bits per heavy atom. The van der Waals surface area contributed by atoms with Gasteiger partial charge in [-0.15, -0.1) is 0 Å². The highest BCUT2D eigenvalue weighted by atomic mass is 19.3. The van der Waals surface area contributed by atoms with Gasteiger partial charge in [-0.05, 0) is 53.9 Å². The number of benzene rings is 2. The van der Waals surface area contributed by atoms with E-state index in [1.807, 2.05) is 62.4 Å². The molecule has 0 saturated carbocycles. The van der Waals surface area contributed by atoms with Gasteiger partial charge in [0.25, 0.3) is 0 Å². The molecule has 0 aliphatic carbocycles. The third-order valence-electron chi connectivity index (χ3n) is 10.9. The molecule has 0 bridgehead atoms. The van der Waals surface area contributed by atoms with Gasteiger partial charge >= 0.3 is 12.2 Å². The highest BCUT2D eigenvalue weighted by Gasteiger charge is 2.42. The maximum atomic E-state index is 13.7. The first-order valence-corrected chi connectivity index (χ1v) is 18.8. The van der Waals surface area contributed by atoms with Gasteiger partial charge in [-0.2, -0.15) is 0 Å². The normalized spacial score (nSPS) is 18.6. The lowest BCUT2D eigenvalue weighted by atomic mass is 10.0. The van der Waals surface area contributed by atoms with Crippen LogP contribution in [-0.4, -0.2) is 109 Å². The second-order valence-corrected chi connectivity index (χ2v) is 14.8. The summed E-state index contributed by atoms with van der Waals surface area (Å²) in [7, 11) is 2.54. The number of carboxylic acid groups (broad SMARTS) is 1. The number of alkyl carbamates (subject to hydrolysis) is 1. The third-order valence-corrected chi connectivity index (χ3v) is 10.9. The standard InChI is InChI=1S/C40H48F2N8O6/c1-22(2)33(48(4)40(54)55)38(52)50-19-7-9-31(50)36-44-21-29(46-36)27-16-12-25(13-17-27)24-10-14-26(15-11-24)28-20-43-35(45-28)30-8-6-18-49(30)37(51)32(23(3)34(41)42)47-39(53)56-5/h10-17,20-23,30-34H,6-9,18-19H2,1-5H3,(H,43,45)(H,44,46)(H,47,53)(H,54,55)/t23?,30?,31-,32-,33-/m0/s1. The van der Waals surface area contributed by atoms with Gasteiger partial charge in [-0.25, -0.2) is 28.3 Å². The number of hydrogen-bond acceptors (Lipinski definition) is 7. The molecule has 2 saturated heterocycles. The summed E-state index contributed by atoms with van der Waals surface area (Å²) in [5.74, 6) is -1.24. The van der Waals surface area contributed by atoms with E-state index < -0.39 is 48.6 Å². The molecule has 2 aliphatic heterocycles. The number of likely N-dealkylation sites (N-methyl/N-ethyl adjacent to an activating group) is 1. The average molecular weight is 775 g/mol. The van der Waals surface area contributed by atoms with E-state index in [0.717, 1.165) is 58.5 Å². The maximum Gasteiger partial charge on any atom is 0.407 e. The summed E-state index contributed by atoms with van der Waals surface area (Å²) in [6, 6.07) is 13.0. The van der Waals surface area contributed by atoms with Crippen LogP contribution in [0.3, 0.4) is 0 Å². The first kappa shape index (κ1) is 39.9. The molecule has 4 amide bonds. The minimum Gasteiger partial charge on any atom is -0.465 e. The van der Waals surface area contributed by atoms with Crippen molar-refractivity contribution in [3.8, 4) is 33.6 Å². The Labute approximate surface area is 323 Å². The number of carbonyl (C=O) groups is 4. The molecule has 4 heterocycles. The fraction of sp³-hybridized carbons (Fsp3) is 0.450. The van der Waals surface area contributed by atoms with E-state index in [2.05, 4.69) is 30.0 Å². The zero-order valence-corrected chi connectivity index (χ0v) is 32.0. The second kappa shape index (κ2) is 16.9. The molecule has 2 aliphatic rings. The number of methoxy groups -OCH3 is 1. The predicted molar refractivity (Wildman–Crippen MR) is 203 cm³/mol. The monoisotopic (exact) mass is 774 g/mol. The van der Waals surface area contributed by atoms with Crippen molar-refractivity contribution in [1.29, 1.82) is 0 Å². The summed E-state index contributed by atoms with van der Waals surface area (Å²) in [6.07, 6.45) is 1.29. The van der Waals surface area contributed by atoms with Crippen molar-refractivity contribution >= 4 is 24.0 Å². The molecular weight excluding hydrogens is 726 g/mol. The number of nitrogens with zero attached hydrogens (tertiary/aromatic N) is 5. The topological polar surface area (TPSA) is 177 Å². The van der Waals surface area contributed by atoms with Gasteiger partial charge in [-0.1, -0.05) is 69.3 Å². The second-order valence-electron chi connectivity index (χ2n) is 14.8. The minimum absolute atomic E-state index is 0.190. The molecule has 298 valence electrons. The highest BCUT2D eigenvalue weighted by Crippen LogP contribution is 2.35. The van der Waals surface area contributed by atoms with Gasteiger partial charge in [-0.3, -0.25) is 14.5 Å². The van der Waals surface area contributed by atoms with E-state index in [1.165, 1.54) is 18.9 Å². The Morgan fingerprint density at radius 2 is 1.25 bits per heavy atom. The molecule has 4 aromatic rings. The molecule has 5 atom stereocenters. The van der Waals surface area contributed by atoms with Gasteiger partial charge in [0.1, 0.15) is 23.7 Å². The predicted octanol–water partition coefficient (Wildman–Crippen LogP) is 6.72. The third kappa shape index (κ3) is 8.23. The van der Waals surface area contributed by atoms with E-state index in [1.54, 1.807) is 17.3 Å². The van der Waals surface area contributed by atoms with Crippen LogP contribution < -0.4 is 5.32 Å². The molecule has 14 nitrogen and oxygen atoms in total. The van der Waals surface area contributed by atoms with Crippen LogP contribution in [0, 0.1) is 11.8 Å². The van der Waals surface area contributed by atoms with Gasteiger partial charge in [0, 0.05) is 26.1 Å². The van der Waals surface area contributed by atoms with E-state index in [-0.39, 0.29) is 17.9 Å². The lowest BCUT2D eigenvalue weighted by molar-refractivity contribution is -0.138. The van der Waals surface area contributed by atoms with Crippen molar-refractivity contribution in [2.24, 2.45) is 11.8 Å². The molecule has 4 N–H and O–H groups in total. The average Bonchev–Trinajstić information content (AvgIpc) is 4.03. The van der Waals surface area contributed by atoms with Crippen LogP contribution in [0.15, 0.2) is 60.9 Å². The van der Waals surface area contributed by atoms with Crippen LogP contribution >= 0.6 is 0 Å². The smallest absolute Gasteiger partial charge is 0.407 e. The Morgan fingerprint density at radius 1 is 0.804 bits per heavy atom. The lowest BCUT2D eigenvalue weighted by Gasteiger charge is -2.33. The fourth-order valence-electron chi connectivity index (χ4n) is 7.73. The number of amides is 4. The number of alkyl halides is 2. The van der Waals surface area contributed by atoms with Gasteiger partial charge < -0.3 is 34.9 Å². The van der Waals surface area contributed by atoms with Crippen molar-refractivity contribution in [3.05, 3.63) is 72.6 Å². The van der Waals surface area contributed by atoms with E-state index >= 15 is 0 Å². The molecule has 2 aromatic heterocycles. The number of carbonyl (C=O) groups excluding carboxylic acids is 3. The first-order chi connectivity index (χ1) is 26.8. The SMILES string of the molecule is COC(=O)N[C@H](C(=O)N1CCCC1c1ncc(-c2ccc(-c3ccc(-c4cnc([C@@H]5CCCN5C(=O)[C@H](C(C)C)N(C)C(=O)O)[nH]4)cc3)cc2)[nH]1)C(C)C(F)F. The number of ether oxygens (including phenoxy) is 1. The van der Waals surface area contributed by atoms with Crippen LogP contribution in [0.25, 0.3) is 33.6 Å². The molecule has 0 radical (unpaired) electrons. The van der Waals surface area contributed by atoms with Crippen molar-refractivity contribution in [2.45, 2.75) is 77.0 Å². The largest absolute Gasteiger partial charge is 0.465 e. The Hall–Kier alpha value is -5.80. The minimum atomic E-state index is -2.82. The van der Waals surface area contributed by atoms with Crippen LogP contribution in [0.2, 0.25) is 0 Å². The molecule has 2 fully saturated rings. The number of nitrogens with one attached hydrogen (secondary N) is 3. The van der Waals surface area contributed by atoms with E-state index in [4.69, 9.17) is 0 Å². The summed E-state index contributed by atoms with van der Waals surface area (Å²) >= 11 is 0. The zero-order chi connectivity index (χ0) is 40.3. The summed E-state index contributed by atoms with van der Waals surface area (Å²) in [6.45, 7) is 5.79. The molecule has 2 aromatic carbocycles. The quantitative estimate of drug-likeness (QED) is 0.123. The Balaban J connectivity index is 1.12. The number of halogens is 2. The molecule has 16 heteroatoms. The number of aromatic amines is 2. The molecule has 6 rings (SSSR count). The van der Waals surface area contributed by atoms with E-state index in [9.17, 15) is 33.1 Å². The lowest BCUT2D eigenvalue weighted by Crippen LogP contribution is -2.53. The molecule has 0 spiro atoms. The van der Waals surface area contributed by atoms with Crippen LogP contribution in [0.1, 0.15) is 70.2 Å². The van der Waals surface area contributed by atoms with Crippen LogP contribution in [-0.2, 0) is 14.3 Å². The number of aromatic nitrogens is 4. The first-order valence-electron chi connectivity index (χ1n) is 18.8. The summed E-state index contributed by atoms with van der Waals surface area (Å²) in [5, 5.41) is 11.9. The van der Waals surface area contributed by atoms with Crippen LogP contribution in [0.5, 0.6) is 0 Å².